The van der Waals surface area contributed by atoms with Gasteiger partial charge in [0.15, 0.2) is 0 Å². The van der Waals surface area contributed by atoms with Gasteiger partial charge in [-0.1, -0.05) is 12.1 Å². The molecule has 1 aliphatic rings. The molecule has 1 unspecified atom stereocenters. The average Bonchev–Trinajstić information content (AvgIpc) is 2.93. The third kappa shape index (κ3) is 3.27. The van der Waals surface area contributed by atoms with Crippen LogP contribution in [0.5, 0.6) is 0 Å². The Kier molecular flexibility index (Phi) is 4.56. The Hall–Kier alpha value is -1.39. The molecule has 4 nitrogen and oxygen atoms in total. The molecule has 21 heavy (non-hydrogen) atoms. The molecule has 4 heteroatoms. The topological polar surface area (TPSA) is 30.3 Å². The van der Waals surface area contributed by atoms with Crippen molar-refractivity contribution in [2.24, 2.45) is 5.92 Å². The summed E-state index contributed by atoms with van der Waals surface area (Å²) in [6.45, 7) is 6.67. The second-order valence-electron chi connectivity index (χ2n) is 6.19. The fourth-order valence-electron chi connectivity index (χ4n) is 3.36. The van der Waals surface area contributed by atoms with Crippen molar-refractivity contribution in [2.75, 3.05) is 33.4 Å². The smallest absolute Gasteiger partial charge is 0.0961 e. The molecule has 1 aliphatic heterocycles. The molecule has 1 aromatic carbocycles. The van der Waals surface area contributed by atoms with Crippen molar-refractivity contribution in [1.29, 1.82) is 0 Å². The van der Waals surface area contributed by atoms with Gasteiger partial charge in [-0.3, -0.25) is 0 Å². The van der Waals surface area contributed by atoms with E-state index in [2.05, 4.69) is 39.6 Å². The van der Waals surface area contributed by atoms with Crippen LogP contribution >= 0.6 is 0 Å². The summed E-state index contributed by atoms with van der Waals surface area (Å²) >= 11 is 0. The third-order valence-electron chi connectivity index (χ3n) is 4.59. The van der Waals surface area contributed by atoms with Gasteiger partial charge in [0.25, 0.3) is 0 Å². The molecule has 0 aliphatic carbocycles. The lowest BCUT2D eigenvalue weighted by Crippen LogP contribution is -2.38. The Labute approximate surface area is 126 Å². The number of benzene rings is 1. The van der Waals surface area contributed by atoms with E-state index < -0.39 is 0 Å². The number of nitrogens with zero attached hydrogens (tertiary/aromatic N) is 3. The summed E-state index contributed by atoms with van der Waals surface area (Å²) in [5.41, 5.74) is 2.32. The SMILES string of the molecule is COCC1CCN(CC(C)n2cnc3ccccc32)CC1. The molecule has 114 valence electrons. The summed E-state index contributed by atoms with van der Waals surface area (Å²) in [6.07, 6.45) is 4.49. The van der Waals surface area contributed by atoms with Gasteiger partial charge in [-0.05, 0) is 50.9 Å². The molecule has 2 heterocycles. The largest absolute Gasteiger partial charge is 0.384 e. The second-order valence-corrected chi connectivity index (χ2v) is 6.19. The van der Waals surface area contributed by atoms with E-state index in [1.165, 1.54) is 31.4 Å². The molecule has 0 amide bonds. The molecule has 1 atom stereocenters. The zero-order chi connectivity index (χ0) is 14.7. The molecule has 0 bridgehead atoms. The Bertz CT molecular complexity index is 572. The molecule has 1 saturated heterocycles. The highest BCUT2D eigenvalue weighted by Crippen LogP contribution is 2.22. The molecule has 1 aromatic heterocycles. The zero-order valence-electron chi connectivity index (χ0n) is 13.0. The van der Waals surface area contributed by atoms with Gasteiger partial charge in [0, 0.05) is 26.3 Å². The first-order valence-electron chi connectivity index (χ1n) is 7.91. The molecule has 0 N–H and O–H groups in total. The van der Waals surface area contributed by atoms with Gasteiger partial charge < -0.3 is 14.2 Å². The minimum atomic E-state index is 0.455. The molecule has 0 spiro atoms. The van der Waals surface area contributed by atoms with E-state index in [0.717, 1.165) is 24.6 Å². The first kappa shape index (κ1) is 14.5. The molecule has 0 saturated carbocycles. The maximum absolute atomic E-state index is 5.27. The van der Waals surface area contributed by atoms with Crippen molar-refractivity contribution in [3.05, 3.63) is 30.6 Å². The van der Waals surface area contributed by atoms with Gasteiger partial charge >= 0.3 is 0 Å². The number of hydrogen-bond donors (Lipinski definition) is 0. The maximum atomic E-state index is 5.27. The van der Waals surface area contributed by atoms with Crippen LogP contribution in [-0.2, 0) is 4.74 Å². The molecule has 2 aromatic rings. The average molecular weight is 287 g/mol. The number of likely N-dealkylation sites (tertiary alicyclic amines) is 1. The summed E-state index contributed by atoms with van der Waals surface area (Å²) in [5, 5.41) is 0. The molecule has 0 radical (unpaired) electrons. The van der Waals surface area contributed by atoms with Gasteiger partial charge in [0.2, 0.25) is 0 Å². The van der Waals surface area contributed by atoms with Crippen molar-refractivity contribution < 1.29 is 4.74 Å². The zero-order valence-corrected chi connectivity index (χ0v) is 13.0. The lowest BCUT2D eigenvalue weighted by atomic mass is 9.97. The van der Waals surface area contributed by atoms with Crippen LogP contribution in [0.15, 0.2) is 30.6 Å². The highest BCUT2D eigenvalue weighted by Gasteiger charge is 2.21. The van der Waals surface area contributed by atoms with Crippen molar-refractivity contribution in [2.45, 2.75) is 25.8 Å². The van der Waals surface area contributed by atoms with Gasteiger partial charge in [0.1, 0.15) is 0 Å². The van der Waals surface area contributed by atoms with Crippen molar-refractivity contribution in [3.8, 4) is 0 Å². The minimum absolute atomic E-state index is 0.455. The minimum Gasteiger partial charge on any atom is -0.384 e. The van der Waals surface area contributed by atoms with E-state index in [1.54, 1.807) is 7.11 Å². The lowest BCUT2D eigenvalue weighted by molar-refractivity contribution is 0.0945. The van der Waals surface area contributed by atoms with Gasteiger partial charge in [0.05, 0.1) is 17.4 Å². The first-order chi connectivity index (χ1) is 10.3. The first-order valence-corrected chi connectivity index (χ1v) is 7.91. The highest BCUT2D eigenvalue weighted by molar-refractivity contribution is 5.75. The predicted octanol–water partition coefficient (Wildman–Crippen LogP) is 2.96. The van der Waals surface area contributed by atoms with Crippen LogP contribution in [0.4, 0.5) is 0 Å². The number of piperidine rings is 1. The van der Waals surface area contributed by atoms with Gasteiger partial charge in [-0.25, -0.2) is 4.98 Å². The Balaban J connectivity index is 1.61. The van der Waals surface area contributed by atoms with E-state index in [-0.39, 0.29) is 0 Å². The normalized spacial score (nSPS) is 19.1. The standard InChI is InChI=1S/C17H25N3O/c1-14(11-19-9-7-15(8-10-19)12-21-2)20-13-18-16-5-3-4-6-17(16)20/h3-6,13-15H,7-12H2,1-2H3. The number of rotatable bonds is 5. The molecular formula is C17H25N3O. The molecule has 1 fully saturated rings. The van der Waals surface area contributed by atoms with Crippen LogP contribution in [0.1, 0.15) is 25.8 Å². The van der Waals surface area contributed by atoms with Crippen LogP contribution in [0, 0.1) is 5.92 Å². The number of fused-ring (bicyclic) bond motifs is 1. The molecular weight excluding hydrogens is 262 g/mol. The van der Waals surface area contributed by atoms with Crippen LogP contribution < -0.4 is 0 Å². The summed E-state index contributed by atoms with van der Waals surface area (Å²) < 4.78 is 7.58. The Morgan fingerprint density at radius 2 is 2.05 bits per heavy atom. The number of aromatic nitrogens is 2. The van der Waals surface area contributed by atoms with Gasteiger partial charge in [-0.2, -0.15) is 0 Å². The number of hydrogen-bond acceptors (Lipinski definition) is 3. The lowest BCUT2D eigenvalue weighted by Gasteiger charge is -2.33. The fourth-order valence-corrected chi connectivity index (χ4v) is 3.36. The van der Waals surface area contributed by atoms with Crippen LogP contribution in [0.2, 0.25) is 0 Å². The predicted molar refractivity (Wildman–Crippen MR) is 85.5 cm³/mol. The van der Waals surface area contributed by atoms with Gasteiger partial charge in [-0.15, -0.1) is 0 Å². The Morgan fingerprint density at radius 3 is 2.81 bits per heavy atom. The number of para-hydroxylation sites is 2. The summed E-state index contributed by atoms with van der Waals surface area (Å²) in [5.74, 6) is 0.746. The number of ether oxygens (including phenoxy) is 1. The highest BCUT2D eigenvalue weighted by atomic mass is 16.5. The monoisotopic (exact) mass is 287 g/mol. The van der Waals surface area contributed by atoms with Crippen LogP contribution in [0.3, 0.4) is 0 Å². The second kappa shape index (κ2) is 6.58. The number of methoxy groups -OCH3 is 1. The summed E-state index contributed by atoms with van der Waals surface area (Å²) in [7, 11) is 1.80. The van der Waals surface area contributed by atoms with Crippen molar-refractivity contribution in [3.63, 3.8) is 0 Å². The fraction of sp³-hybridized carbons (Fsp3) is 0.588. The van der Waals surface area contributed by atoms with E-state index in [0.29, 0.717) is 6.04 Å². The van der Waals surface area contributed by atoms with Crippen molar-refractivity contribution >= 4 is 11.0 Å². The quantitative estimate of drug-likeness (QED) is 0.847. The van der Waals surface area contributed by atoms with Crippen molar-refractivity contribution in [1.82, 2.24) is 14.5 Å². The van der Waals surface area contributed by atoms with Crippen LogP contribution in [-0.4, -0.2) is 47.8 Å². The maximum Gasteiger partial charge on any atom is 0.0961 e. The Morgan fingerprint density at radius 1 is 1.29 bits per heavy atom. The summed E-state index contributed by atoms with van der Waals surface area (Å²) in [6, 6.07) is 8.82. The van der Waals surface area contributed by atoms with Crippen LogP contribution in [0.25, 0.3) is 11.0 Å². The van der Waals surface area contributed by atoms with E-state index in [9.17, 15) is 0 Å². The summed E-state index contributed by atoms with van der Waals surface area (Å²) in [4.78, 5) is 7.07. The van der Waals surface area contributed by atoms with E-state index in [4.69, 9.17) is 4.74 Å². The third-order valence-corrected chi connectivity index (χ3v) is 4.59. The van der Waals surface area contributed by atoms with E-state index in [1.807, 2.05) is 12.4 Å². The molecule has 3 rings (SSSR count). The number of imidazole rings is 1. The van der Waals surface area contributed by atoms with E-state index >= 15 is 0 Å².